The summed E-state index contributed by atoms with van der Waals surface area (Å²) in [7, 11) is 0. The van der Waals surface area contributed by atoms with Crippen LogP contribution >= 0.6 is 0 Å². The maximum atomic E-state index is 4.40. The number of hydrogen-bond acceptors (Lipinski definition) is 2. The lowest BCUT2D eigenvalue weighted by atomic mass is 10.0. The summed E-state index contributed by atoms with van der Waals surface area (Å²) in [6.07, 6.45) is 1.75. The highest BCUT2D eigenvalue weighted by atomic mass is 14.9. The maximum Gasteiger partial charge on any atom is 0.0961 e. The molecular formula is C41H31N3. The standard InChI is InChI=1S/C15H10N2.C14H10.C12H11N/c1-2-4-11-10(3-1)5-6-13-12(11)7-8-14-15(13)17-9-16-14;1-2-6-12-10-14-8-4-3-7-13(14)9-11(12)5-1;1-3-7-11(8-4-1)13-12-9-5-2-6-10-12/h1-9H,(H,16,17);1-10H;1-10,13H. The second-order valence-electron chi connectivity index (χ2n) is 10.6. The molecule has 0 aliphatic heterocycles. The van der Waals surface area contributed by atoms with Crippen molar-refractivity contribution in [3.05, 3.63) is 176 Å². The fourth-order valence-electron chi connectivity index (χ4n) is 5.59. The highest BCUT2D eigenvalue weighted by Crippen LogP contribution is 2.29. The lowest BCUT2D eigenvalue weighted by molar-refractivity contribution is 1.35. The van der Waals surface area contributed by atoms with Gasteiger partial charge in [-0.05, 0) is 80.2 Å². The zero-order valence-electron chi connectivity index (χ0n) is 24.2. The number of H-pyrrole nitrogens is 1. The molecule has 0 unspecified atom stereocenters. The summed E-state index contributed by atoms with van der Waals surface area (Å²) in [4.78, 5) is 7.55. The summed E-state index contributed by atoms with van der Waals surface area (Å²) in [5, 5.41) is 13.6. The Bertz CT molecular complexity index is 2160. The molecule has 9 aromatic rings. The lowest BCUT2D eigenvalue weighted by Crippen LogP contribution is -1.87. The number of imidazole rings is 1. The van der Waals surface area contributed by atoms with Crippen molar-refractivity contribution < 1.29 is 0 Å². The Morgan fingerprint density at radius 2 is 0.864 bits per heavy atom. The molecule has 44 heavy (non-hydrogen) atoms. The Kier molecular flexibility index (Phi) is 7.66. The minimum Gasteiger partial charge on any atom is -0.356 e. The predicted octanol–water partition coefficient (Wildman–Crippen LogP) is 11.3. The summed E-state index contributed by atoms with van der Waals surface area (Å²) < 4.78 is 0. The van der Waals surface area contributed by atoms with E-state index in [9.17, 15) is 0 Å². The number of rotatable bonds is 2. The number of nitrogens with zero attached hydrogens (tertiary/aromatic N) is 1. The zero-order chi connectivity index (χ0) is 29.6. The molecule has 0 atom stereocenters. The van der Waals surface area contributed by atoms with Crippen molar-refractivity contribution in [3.8, 4) is 0 Å². The summed E-state index contributed by atoms with van der Waals surface area (Å²) in [5.41, 5.74) is 4.38. The number of hydrogen-bond donors (Lipinski definition) is 2. The fraction of sp³-hybridized carbons (Fsp3) is 0. The van der Waals surface area contributed by atoms with Gasteiger partial charge in [0.25, 0.3) is 0 Å². The average molecular weight is 566 g/mol. The van der Waals surface area contributed by atoms with E-state index in [1.165, 1.54) is 43.1 Å². The monoisotopic (exact) mass is 565 g/mol. The Morgan fingerprint density at radius 1 is 0.386 bits per heavy atom. The first-order valence-electron chi connectivity index (χ1n) is 14.8. The third kappa shape index (κ3) is 5.85. The quantitative estimate of drug-likeness (QED) is 0.162. The largest absolute Gasteiger partial charge is 0.356 e. The topological polar surface area (TPSA) is 40.7 Å². The van der Waals surface area contributed by atoms with Gasteiger partial charge in [0.05, 0.1) is 17.4 Å². The number of aromatic amines is 1. The van der Waals surface area contributed by atoms with Crippen LogP contribution in [0.1, 0.15) is 0 Å². The van der Waals surface area contributed by atoms with E-state index in [2.05, 4.69) is 124 Å². The Morgan fingerprint density at radius 3 is 1.43 bits per heavy atom. The summed E-state index contributed by atoms with van der Waals surface area (Å²) in [6.45, 7) is 0. The van der Waals surface area contributed by atoms with Crippen LogP contribution in [-0.2, 0) is 0 Å². The highest BCUT2D eigenvalue weighted by Gasteiger charge is 2.05. The van der Waals surface area contributed by atoms with Crippen LogP contribution in [0.15, 0.2) is 176 Å². The van der Waals surface area contributed by atoms with Gasteiger partial charge in [0, 0.05) is 16.8 Å². The van der Waals surface area contributed by atoms with E-state index in [1.54, 1.807) is 6.33 Å². The maximum absolute atomic E-state index is 4.40. The van der Waals surface area contributed by atoms with Crippen molar-refractivity contribution in [3.63, 3.8) is 0 Å². The smallest absolute Gasteiger partial charge is 0.0961 e. The molecule has 0 aliphatic carbocycles. The average Bonchev–Trinajstić information content (AvgIpc) is 3.58. The van der Waals surface area contributed by atoms with Crippen molar-refractivity contribution in [1.82, 2.24) is 9.97 Å². The molecule has 0 bridgehead atoms. The minimum absolute atomic E-state index is 1.05. The fourth-order valence-corrected chi connectivity index (χ4v) is 5.59. The van der Waals surface area contributed by atoms with Crippen molar-refractivity contribution in [2.75, 3.05) is 5.32 Å². The van der Waals surface area contributed by atoms with Gasteiger partial charge in [-0.15, -0.1) is 0 Å². The van der Waals surface area contributed by atoms with Crippen molar-refractivity contribution in [2.24, 2.45) is 0 Å². The number of benzene rings is 8. The molecule has 0 spiro atoms. The van der Waals surface area contributed by atoms with Gasteiger partial charge in [0.1, 0.15) is 0 Å². The third-order valence-corrected chi connectivity index (χ3v) is 7.76. The van der Waals surface area contributed by atoms with Crippen LogP contribution in [0.4, 0.5) is 11.4 Å². The summed E-state index contributed by atoms with van der Waals surface area (Å²) in [5.74, 6) is 0. The number of nitrogens with one attached hydrogen (secondary N) is 2. The third-order valence-electron chi connectivity index (χ3n) is 7.76. The van der Waals surface area contributed by atoms with E-state index < -0.39 is 0 Å². The summed E-state index contributed by atoms with van der Waals surface area (Å²) in [6, 6.07) is 58.7. The van der Waals surface area contributed by atoms with Gasteiger partial charge in [-0.2, -0.15) is 0 Å². The van der Waals surface area contributed by atoms with Crippen LogP contribution in [0.2, 0.25) is 0 Å². The van der Waals surface area contributed by atoms with Gasteiger partial charge in [0.2, 0.25) is 0 Å². The molecule has 9 rings (SSSR count). The van der Waals surface area contributed by atoms with E-state index in [0.717, 1.165) is 22.4 Å². The molecule has 1 aromatic heterocycles. The van der Waals surface area contributed by atoms with E-state index in [-0.39, 0.29) is 0 Å². The van der Waals surface area contributed by atoms with Gasteiger partial charge in [-0.1, -0.05) is 127 Å². The zero-order valence-corrected chi connectivity index (χ0v) is 24.2. The summed E-state index contributed by atoms with van der Waals surface area (Å²) >= 11 is 0. The predicted molar refractivity (Wildman–Crippen MR) is 189 cm³/mol. The Balaban J connectivity index is 0.000000108. The van der Waals surface area contributed by atoms with Crippen LogP contribution in [0.3, 0.4) is 0 Å². The van der Waals surface area contributed by atoms with Crippen LogP contribution in [0.5, 0.6) is 0 Å². The van der Waals surface area contributed by atoms with E-state index in [0.29, 0.717) is 0 Å². The Labute approximate surface area is 256 Å². The minimum atomic E-state index is 1.05. The molecule has 8 aromatic carbocycles. The second kappa shape index (κ2) is 12.5. The second-order valence-corrected chi connectivity index (χ2v) is 10.6. The van der Waals surface area contributed by atoms with E-state index in [4.69, 9.17) is 0 Å². The van der Waals surface area contributed by atoms with Crippen LogP contribution in [-0.4, -0.2) is 9.97 Å². The van der Waals surface area contributed by atoms with Gasteiger partial charge in [-0.25, -0.2) is 4.98 Å². The molecule has 0 saturated heterocycles. The van der Waals surface area contributed by atoms with Crippen LogP contribution in [0, 0.1) is 0 Å². The number of anilines is 2. The highest BCUT2D eigenvalue weighted by molar-refractivity contribution is 6.15. The Hall–Kier alpha value is -5.93. The molecule has 2 N–H and O–H groups in total. The van der Waals surface area contributed by atoms with Gasteiger partial charge >= 0.3 is 0 Å². The molecule has 3 heteroatoms. The molecule has 0 aliphatic rings. The molecule has 1 heterocycles. The SMILES string of the molecule is c1ccc(Nc2ccccc2)cc1.c1ccc2c(c1)ccc1c2ccc2[nH]cnc21.c1ccc2cc3ccccc3cc2c1. The van der Waals surface area contributed by atoms with Gasteiger partial charge in [-0.3, -0.25) is 0 Å². The molecule has 3 nitrogen and oxygen atoms in total. The normalized spacial score (nSPS) is 10.7. The first kappa shape index (κ1) is 26.9. The van der Waals surface area contributed by atoms with Crippen LogP contribution < -0.4 is 5.32 Å². The molecule has 0 radical (unpaired) electrons. The van der Waals surface area contributed by atoms with E-state index in [1.807, 2.05) is 60.7 Å². The molecule has 210 valence electrons. The van der Waals surface area contributed by atoms with Crippen molar-refractivity contribution >= 4 is 65.5 Å². The van der Waals surface area contributed by atoms with Crippen molar-refractivity contribution in [1.29, 1.82) is 0 Å². The number of aromatic nitrogens is 2. The molecule has 0 amide bonds. The molecular weight excluding hydrogens is 534 g/mol. The van der Waals surface area contributed by atoms with E-state index >= 15 is 0 Å². The molecule has 0 fully saturated rings. The first-order chi connectivity index (χ1) is 21.8. The lowest BCUT2D eigenvalue weighted by Gasteiger charge is -2.04. The first-order valence-corrected chi connectivity index (χ1v) is 14.8. The van der Waals surface area contributed by atoms with Crippen LogP contribution in [0.25, 0.3) is 54.1 Å². The van der Waals surface area contributed by atoms with Gasteiger partial charge < -0.3 is 10.3 Å². The molecule has 0 saturated carbocycles. The number of para-hydroxylation sites is 2. The van der Waals surface area contributed by atoms with Gasteiger partial charge in [0.15, 0.2) is 0 Å². The van der Waals surface area contributed by atoms with Crippen molar-refractivity contribution in [2.45, 2.75) is 0 Å². The number of fused-ring (bicyclic) bond motifs is 7.